The van der Waals surface area contributed by atoms with Crippen LogP contribution < -0.4 is 9.64 Å². The summed E-state index contributed by atoms with van der Waals surface area (Å²) in [6.07, 6.45) is -0.231. The average Bonchev–Trinajstić information content (AvgIpc) is 2.34. The molecule has 4 nitrogen and oxygen atoms in total. The van der Waals surface area contributed by atoms with Gasteiger partial charge in [0, 0.05) is 24.8 Å². The molecular formula is C14H23NO3. The zero-order valence-electron chi connectivity index (χ0n) is 11.6. The van der Waals surface area contributed by atoms with E-state index in [1.54, 1.807) is 21.0 Å². The van der Waals surface area contributed by atoms with Crippen LogP contribution in [-0.2, 0) is 0 Å². The van der Waals surface area contributed by atoms with Crippen LogP contribution in [0.2, 0.25) is 0 Å². The predicted octanol–water partition coefficient (Wildman–Crippen LogP) is 1.96. The quantitative estimate of drug-likeness (QED) is 0.813. The molecule has 0 bridgehead atoms. The van der Waals surface area contributed by atoms with Gasteiger partial charge in [0.1, 0.15) is 5.75 Å². The lowest BCUT2D eigenvalue weighted by molar-refractivity contribution is 0.186. The zero-order valence-corrected chi connectivity index (χ0v) is 11.6. The molecule has 0 heterocycles. The Morgan fingerprint density at radius 1 is 1.28 bits per heavy atom. The number of methoxy groups -OCH3 is 1. The van der Waals surface area contributed by atoms with Gasteiger partial charge in [-0.15, -0.1) is 0 Å². The molecule has 0 saturated carbocycles. The summed E-state index contributed by atoms with van der Waals surface area (Å²) in [4.78, 5) is 2.03. The largest absolute Gasteiger partial charge is 0.496 e. The minimum atomic E-state index is -0.592. The standard InChI is InChI=1S/C14H23NO3/c1-10(16)8-9-15(3)12-6-5-7-13(18-4)14(12)11(2)17/h5-7,10-11,16-17H,8-9H2,1-4H3. The Hall–Kier alpha value is -1.26. The van der Waals surface area contributed by atoms with Gasteiger partial charge in [0.15, 0.2) is 0 Å². The first-order valence-electron chi connectivity index (χ1n) is 6.21. The SMILES string of the molecule is COc1cccc(N(C)CCC(C)O)c1C(C)O. The van der Waals surface area contributed by atoms with E-state index in [4.69, 9.17) is 4.74 Å². The lowest BCUT2D eigenvalue weighted by Gasteiger charge is -2.25. The second-order valence-corrected chi connectivity index (χ2v) is 4.63. The molecule has 2 atom stereocenters. The van der Waals surface area contributed by atoms with Crippen LogP contribution in [0, 0.1) is 0 Å². The molecule has 0 aliphatic heterocycles. The van der Waals surface area contributed by atoms with E-state index in [1.807, 2.05) is 30.1 Å². The highest BCUT2D eigenvalue weighted by Crippen LogP contribution is 2.34. The molecule has 0 aliphatic carbocycles. The molecule has 0 aromatic heterocycles. The summed E-state index contributed by atoms with van der Waals surface area (Å²) in [5, 5.41) is 19.2. The van der Waals surface area contributed by atoms with Crippen molar-refractivity contribution < 1.29 is 14.9 Å². The number of aliphatic hydroxyl groups is 2. The molecule has 1 aromatic rings. The van der Waals surface area contributed by atoms with Crippen molar-refractivity contribution in [2.24, 2.45) is 0 Å². The van der Waals surface area contributed by atoms with Crippen molar-refractivity contribution in [3.8, 4) is 5.75 Å². The molecule has 1 aromatic carbocycles. The second kappa shape index (κ2) is 6.61. The van der Waals surface area contributed by atoms with Crippen molar-refractivity contribution in [3.63, 3.8) is 0 Å². The van der Waals surface area contributed by atoms with Crippen molar-refractivity contribution >= 4 is 5.69 Å². The maximum atomic E-state index is 9.89. The Morgan fingerprint density at radius 2 is 1.94 bits per heavy atom. The van der Waals surface area contributed by atoms with Gasteiger partial charge in [-0.05, 0) is 32.4 Å². The molecule has 0 radical (unpaired) electrons. The van der Waals surface area contributed by atoms with E-state index in [0.29, 0.717) is 12.2 Å². The molecule has 0 saturated heterocycles. The van der Waals surface area contributed by atoms with E-state index in [1.165, 1.54) is 0 Å². The summed E-state index contributed by atoms with van der Waals surface area (Å²) in [5.74, 6) is 0.686. The van der Waals surface area contributed by atoms with Crippen LogP contribution >= 0.6 is 0 Å². The maximum Gasteiger partial charge on any atom is 0.126 e. The van der Waals surface area contributed by atoms with Crippen LogP contribution in [0.15, 0.2) is 18.2 Å². The van der Waals surface area contributed by atoms with E-state index < -0.39 is 6.10 Å². The molecule has 4 heteroatoms. The van der Waals surface area contributed by atoms with Crippen molar-refractivity contribution in [1.82, 2.24) is 0 Å². The van der Waals surface area contributed by atoms with Gasteiger partial charge in [-0.2, -0.15) is 0 Å². The summed E-state index contributed by atoms with van der Waals surface area (Å²) in [6.45, 7) is 4.23. The van der Waals surface area contributed by atoms with Crippen LogP contribution in [0.1, 0.15) is 31.9 Å². The summed E-state index contributed by atoms with van der Waals surface area (Å²) >= 11 is 0. The highest BCUT2D eigenvalue weighted by Gasteiger charge is 2.16. The summed E-state index contributed by atoms with van der Waals surface area (Å²) < 4.78 is 5.29. The maximum absolute atomic E-state index is 9.89. The third-order valence-corrected chi connectivity index (χ3v) is 2.97. The Balaban J connectivity index is 2.99. The molecule has 102 valence electrons. The first-order chi connectivity index (χ1) is 8.47. The van der Waals surface area contributed by atoms with Gasteiger partial charge in [-0.3, -0.25) is 0 Å². The molecule has 0 spiro atoms. The molecule has 1 rings (SSSR count). The molecule has 0 aliphatic rings. The topological polar surface area (TPSA) is 52.9 Å². The Morgan fingerprint density at radius 3 is 2.44 bits per heavy atom. The van der Waals surface area contributed by atoms with Gasteiger partial charge < -0.3 is 19.8 Å². The number of hydrogen-bond acceptors (Lipinski definition) is 4. The third kappa shape index (κ3) is 3.62. The second-order valence-electron chi connectivity index (χ2n) is 4.63. The van der Waals surface area contributed by atoms with Gasteiger partial charge in [0.25, 0.3) is 0 Å². The molecule has 0 fully saturated rings. The van der Waals surface area contributed by atoms with E-state index in [0.717, 1.165) is 17.8 Å². The van der Waals surface area contributed by atoms with Crippen molar-refractivity contribution in [2.45, 2.75) is 32.5 Å². The molecule has 18 heavy (non-hydrogen) atoms. The number of nitrogens with zero attached hydrogens (tertiary/aromatic N) is 1. The number of aliphatic hydroxyl groups excluding tert-OH is 2. The summed E-state index contributed by atoms with van der Waals surface area (Å²) in [5.41, 5.74) is 1.72. The van der Waals surface area contributed by atoms with Crippen molar-refractivity contribution in [1.29, 1.82) is 0 Å². The highest BCUT2D eigenvalue weighted by atomic mass is 16.5. The Labute approximate surface area is 109 Å². The normalized spacial score (nSPS) is 14.1. The number of ether oxygens (including phenoxy) is 1. The van der Waals surface area contributed by atoms with Gasteiger partial charge >= 0.3 is 0 Å². The minimum absolute atomic E-state index is 0.326. The van der Waals surface area contributed by atoms with Crippen LogP contribution in [0.4, 0.5) is 5.69 Å². The molecule has 2 unspecified atom stereocenters. The first kappa shape index (κ1) is 14.8. The average molecular weight is 253 g/mol. The van der Waals surface area contributed by atoms with Crippen molar-refractivity contribution in [3.05, 3.63) is 23.8 Å². The third-order valence-electron chi connectivity index (χ3n) is 2.97. The van der Waals surface area contributed by atoms with Crippen LogP contribution in [0.25, 0.3) is 0 Å². The van der Waals surface area contributed by atoms with Crippen LogP contribution in [0.3, 0.4) is 0 Å². The lowest BCUT2D eigenvalue weighted by atomic mass is 10.1. The Kier molecular flexibility index (Phi) is 5.44. The van der Waals surface area contributed by atoms with Crippen LogP contribution in [-0.4, -0.2) is 37.0 Å². The van der Waals surface area contributed by atoms with Crippen molar-refractivity contribution in [2.75, 3.05) is 25.6 Å². The number of anilines is 1. The number of rotatable bonds is 6. The summed E-state index contributed by atoms with van der Waals surface area (Å²) in [7, 11) is 3.55. The van der Waals surface area contributed by atoms with Gasteiger partial charge in [0.05, 0.1) is 19.3 Å². The van der Waals surface area contributed by atoms with E-state index >= 15 is 0 Å². The predicted molar refractivity (Wildman–Crippen MR) is 73.2 cm³/mol. The monoisotopic (exact) mass is 253 g/mol. The smallest absolute Gasteiger partial charge is 0.126 e. The molecular weight excluding hydrogens is 230 g/mol. The molecule has 2 N–H and O–H groups in total. The highest BCUT2D eigenvalue weighted by molar-refractivity contribution is 5.60. The van der Waals surface area contributed by atoms with Gasteiger partial charge in [0.2, 0.25) is 0 Å². The fraction of sp³-hybridized carbons (Fsp3) is 0.571. The summed E-state index contributed by atoms with van der Waals surface area (Å²) in [6, 6.07) is 5.69. The van der Waals surface area contributed by atoms with Gasteiger partial charge in [-0.1, -0.05) is 6.07 Å². The van der Waals surface area contributed by atoms with E-state index in [9.17, 15) is 10.2 Å². The minimum Gasteiger partial charge on any atom is -0.496 e. The molecule has 0 amide bonds. The van der Waals surface area contributed by atoms with Crippen LogP contribution in [0.5, 0.6) is 5.75 Å². The van der Waals surface area contributed by atoms with E-state index in [-0.39, 0.29) is 6.10 Å². The first-order valence-corrected chi connectivity index (χ1v) is 6.21. The van der Waals surface area contributed by atoms with E-state index in [2.05, 4.69) is 0 Å². The Bertz CT molecular complexity index is 377. The number of benzene rings is 1. The fourth-order valence-corrected chi connectivity index (χ4v) is 1.96. The fourth-order valence-electron chi connectivity index (χ4n) is 1.96. The lowest BCUT2D eigenvalue weighted by Crippen LogP contribution is -2.23. The van der Waals surface area contributed by atoms with Gasteiger partial charge in [-0.25, -0.2) is 0 Å². The zero-order chi connectivity index (χ0) is 13.7. The number of hydrogen-bond donors (Lipinski definition) is 2.